The molecule has 6 heteroatoms. The van der Waals surface area contributed by atoms with E-state index in [1.807, 2.05) is 42.5 Å². The van der Waals surface area contributed by atoms with Crippen molar-refractivity contribution in [3.63, 3.8) is 0 Å². The predicted octanol–water partition coefficient (Wildman–Crippen LogP) is 4.76. The molecule has 4 rings (SSSR count). The molecule has 0 bridgehead atoms. The fourth-order valence-electron chi connectivity index (χ4n) is 3.27. The van der Waals surface area contributed by atoms with Gasteiger partial charge >= 0.3 is 0 Å². The van der Waals surface area contributed by atoms with E-state index in [9.17, 15) is 9.59 Å². The standard InChI is InChI=1S/C22H19ClN2O3/c1-25(13-18-8-10-20(28-18)14-2-6-17(23)7-3-14)22(27)16-4-9-19-15(12-16)5-11-21(26)24-19/h2-4,6-10,12H,5,11,13H2,1H3,(H,24,26). The maximum Gasteiger partial charge on any atom is 0.254 e. The smallest absolute Gasteiger partial charge is 0.254 e. The van der Waals surface area contributed by atoms with Gasteiger partial charge in [-0.15, -0.1) is 0 Å². The van der Waals surface area contributed by atoms with E-state index < -0.39 is 0 Å². The number of hydrogen-bond acceptors (Lipinski definition) is 3. The topological polar surface area (TPSA) is 62.6 Å². The second kappa shape index (κ2) is 7.52. The van der Waals surface area contributed by atoms with E-state index >= 15 is 0 Å². The van der Waals surface area contributed by atoms with E-state index in [2.05, 4.69) is 5.32 Å². The highest BCUT2D eigenvalue weighted by molar-refractivity contribution is 6.30. The highest BCUT2D eigenvalue weighted by Gasteiger charge is 2.19. The van der Waals surface area contributed by atoms with Crippen LogP contribution in [0.1, 0.15) is 28.1 Å². The number of aryl methyl sites for hydroxylation is 1. The number of furan rings is 1. The number of hydrogen-bond donors (Lipinski definition) is 1. The molecule has 0 unspecified atom stereocenters. The predicted molar refractivity (Wildman–Crippen MR) is 108 cm³/mol. The third kappa shape index (κ3) is 3.80. The SMILES string of the molecule is CN(Cc1ccc(-c2ccc(Cl)cc2)o1)C(=O)c1ccc2c(c1)CCC(=O)N2. The van der Waals surface area contributed by atoms with Gasteiger partial charge in [-0.3, -0.25) is 9.59 Å². The molecule has 2 aromatic carbocycles. The fraction of sp³-hybridized carbons (Fsp3) is 0.182. The molecule has 5 nitrogen and oxygen atoms in total. The first-order valence-electron chi connectivity index (χ1n) is 9.02. The zero-order chi connectivity index (χ0) is 19.7. The molecular weight excluding hydrogens is 376 g/mol. The number of anilines is 1. The largest absolute Gasteiger partial charge is 0.459 e. The summed E-state index contributed by atoms with van der Waals surface area (Å²) in [4.78, 5) is 25.9. The number of halogens is 1. The molecule has 0 spiro atoms. The lowest BCUT2D eigenvalue weighted by Gasteiger charge is -2.20. The third-order valence-corrected chi connectivity index (χ3v) is 5.03. The van der Waals surface area contributed by atoms with Gasteiger partial charge in [0.25, 0.3) is 5.91 Å². The first-order chi connectivity index (χ1) is 13.5. The second-order valence-electron chi connectivity index (χ2n) is 6.85. The van der Waals surface area contributed by atoms with Crippen molar-refractivity contribution >= 4 is 29.1 Å². The van der Waals surface area contributed by atoms with Crippen molar-refractivity contribution < 1.29 is 14.0 Å². The first kappa shape index (κ1) is 18.3. The summed E-state index contributed by atoms with van der Waals surface area (Å²) in [6.45, 7) is 0.361. The van der Waals surface area contributed by atoms with Gasteiger partial charge in [-0.2, -0.15) is 0 Å². The Kier molecular flexibility index (Phi) is 4.92. The maximum absolute atomic E-state index is 12.8. The van der Waals surface area contributed by atoms with Gasteiger partial charge in [0.2, 0.25) is 5.91 Å². The van der Waals surface area contributed by atoms with E-state index in [0.29, 0.717) is 35.7 Å². The molecule has 0 saturated heterocycles. The number of amides is 2. The highest BCUT2D eigenvalue weighted by atomic mass is 35.5. The molecule has 0 radical (unpaired) electrons. The molecule has 0 saturated carbocycles. The minimum atomic E-state index is -0.0934. The van der Waals surface area contributed by atoms with Crippen LogP contribution in [0.3, 0.4) is 0 Å². The summed E-state index contributed by atoms with van der Waals surface area (Å²) in [5, 5.41) is 3.50. The summed E-state index contributed by atoms with van der Waals surface area (Å²) in [6, 6.07) is 16.6. The molecule has 28 heavy (non-hydrogen) atoms. The van der Waals surface area contributed by atoms with Gasteiger partial charge in [-0.05, 0) is 66.6 Å². The van der Waals surface area contributed by atoms with E-state index in [1.54, 1.807) is 24.1 Å². The van der Waals surface area contributed by atoms with Gasteiger partial charge in [0.1, 0.15) is 11.5 Å². The van der Waals surface area contributed by atoms with E-state index in [0.717, 1.165) is 22.6 Å². The second-order valence-corrected chi connectivity index (χ2v) is 7.29. The fourth-order valence-corrected chi connectivity index (χ4v) is 3.40. The van der Waals surface area contributed by atoms with Crippen LogP contribution in [0.4, 0.5) is 5.69 Å². The van der Waals surface area contributed by atoms with Gasteiger partial charge < -0.3 is 14.6 Å². The Morgan fingerprint density at radius 3 is 2.68 bits per heavy atom. The molecule has 1 N–H and O–H groups in total. The Morgan fingerprint density at radius 1 is 1.11 bits per heavy atom. The van der Waals surface area contributed by atoms with Crippen LogP contribution in [0.2, 0.25) is 5.02 Å². The zero-order valence-electron chi connectivity index (χ0n) is 15.4. The van der Waals surface area contributed by atoms with Crippen molar-refractivity contribution in [1.29, 1.82) is 0 Å². The number of rotatable bonds is 4. The molecule has 0 aliphatic carbocycles. The number of benzene rings is 2. The van der Waals surface area contributed by atoms with Crippen molar-refractivity contribution in [2.45, 2.75) is 19.4 Å². The van der Waals surface area contributed by atoms with Crippen LogP contribution in [0.5, 0.6) is 0 Å². The van der Waals surface area contributed by atoms with Gasteiger partial charge in [-0.25, -0.2) is 0 Å². The molecule has 1 aromatic heterocycles. The number of nitrogens with zero attached hydrogens (tertiary/aromatic N) is 1. The van der Waals surface area contributed by atoms with E-state index in [4.69, 9.17) is 16.0 Å². The van der Waals surface area contributed by atoms with Crippen molar-refractivity contribution in [2.75, 3.05) is 12.4 Å². The molecule has 142 valence electrons. The van der Waals surface area contributed by atoms with E-state index in [-0.39, 0.29) is 11.8 Å². The lowest BCUT2D eigenvalue weighted by atomic mass is 10.00. The number of nitrogens with one attached hydrogen (secondary N) is 1. The number of fused-ring (bicyclic) bond motifs is 1. The van der Waals surface area contributed by atoms with Crippen molar-refractivity contribution in [2.24, 2.45) is 0 Å². The van der Waals surface area contributed by atoms with Gasteiger partial charge in [0.15, 0.2) is 0 Å². The average molecular weight is 395 g/mol. The van der Waals surface area contributed by atoms with Crippen LogP contribution < -0.4 is 5.32 Å². The highest BCUT2D eigenvalue weighted by Crippen LogP contribution is 2.26. The molecule has 0 atom stereocenters. The summed E-state index contributed by atoms with van der Waals surface area (Å²) < 4.78 is 5.88. The van der Waals surface area contributed by atoms with Crippen LogP contribution in [-0.4, -0.2) is 23.8 Å². The summed E-state index contributed by atoms with van der Waals surface area (Å²) in [6.07, 6.45) is 1.09. The summed E-state index contributed by atoms with van der Waals surface area (Å²) in [7, 11) is 1.74. The molecule has 2 heterocycles. The monoisotopic (exact) mass is 394 g/mol. The summed E-state index contributed by atoms with van der Waals surface area (Å²) in [5.41, 5.74) is 3.30. The molecule has 1 aliphatic heterocycles. The minimum Gasteiger partial charge on any atom is -0.459 e. The van der Waals surface area contributed by atoms with Crippen LogP contribution in [0.15, 0.2) is 59.0 Å². The molecule has 1 aliphatic rings. The zero-order valence-corrected chi connectivity index (χ0v) is 16.1. The third-order valence-electron chi connectivity index (χ3n) is 4.78. The van der Waals surface area contributed by atoms with E-state index in [1.165, 1.54) is 0 Å². The Labute approximate surface area is 167 Å². The Balaban J connectivity index is 1.46. The lowest BCUT2D eigenvalue weighted by Crippen LogP contribution is -2.26. The van der Waals surface area contributed by atoms with Crippen LogP contribution >= 0.6 is 11.6 Å². The molecule has 0 fully saturated rings. The van der Waals surface area contributed by atoms with Crippen molar-refractivity contribution in [3.8, 4) is 11.3 Å². The Hall–Kier alpha value is -3.05. The molecular formula is C22H19ClN2O3. The van der Waals surface area contributed by atoms with Gasteiger partial charge in [0, 0.05) is 35.3 Å². The Morgan fingerprint density at radius 2 is 1.89 bits per heavy atom. The van der Waals surface area contributed by atoms with Gasteiger partial charge in [0.05, 0.1) is 6.54 Å². The Bertz CT molecular complexity index is 1040. The minimum absolute atomic E-state index is 0.0120. The first-order valence-corrected chi connectivity index (χ1v) is 9.40. The maximum atomic E-state index is 12.8. The number of carbonyl (C=O) groups excluding carboxylic acids is 2. The average Bonchev–Trinajstić information content (AvgIpc) is 3.16. The van der Waals surface area contributed by atoms with Crippen molar-refractivity contribution in [1.82, 2.24) is 4.90 Å². The quantitative estimate of drug-likeness (QED) is 0.694. The van der Waals surface area contributed by atoms with Crippen molar-refractivity contribution in [3.05, 3.63) is 76.5 Å². The molecule has 3 aromatic rings. The number of carbonyl (C=O) groups is 2. The normalized spacial score (nSPS) is 13.0. The summed E-state index contributed by atoms with van der Waals surface area (Å²) >= 11 is 5.92. The van der Waals surface area contributed by atoms with Gasteiger partial charge in [-0.1, -0.05) is 11.6 Å². The lowest BCUT2D eigenvalue weighted by molar-refractivity contribution is -0.116. The summed E-state index contributed by atoms with van der Waals surface area (Å²) in [5.74, 6) is 1.35. The van der Waals surface area contributed by atoms with Crippen LogP contribution in [0, 0.1) is 0 Å². The molecule has 2 amide bonds. The van der Waals surface area contributed by atoms with Crippen LogP contribution in [0.25, 0.3) is 11.3 Å². The van der Waals surface area contributed by atoms with Crippen LogP contribution in [-0.2, 0) is 17.8 Å².